The fourth-order valence-electron chi connectivity index (χ4n) is 7.91. The van der Waals surface area contributed by atoms with Gasteiger partial charge in [0.05, 0.1) is 0 Å². The second kappa shape index (κ2) is 8.37. The molecule has 0 aromatic heterocycles. The summed E-state index contributed by atoms with van der Waals surface area (Å²) in [4.78, 5) is 0. The molecule has 0 bridgehead atoms. The van der Waals surface area contributed by atoms with E-state index in [0.29, 0.717) is 7.25 Å². The van der Waals surface area contributed by atoms with Crippen molar-refractivity contribution in [2.45, 2.75) is 20.1 Å². The van der Waals surface area contributed by atoms with E-state index in [0.717, 1.165) is 12.8 Å². The zero-order chi connectivity index (χ0) is 24.4. The van der Waals surface area contributed by atoms with Crippen LogP contribution in [0.4, 0.5) is 0 Å². The van der Waals surface area contributed by atoms with Crippen LogP contribution in [-0.2, 0) is 20.3 Å². The van der Waals surface area contributed by atoms with Crippen molar-refractivity contribution in [3.05, 3.63) is 162 Å². The molecule has 0 nitrogen and oxygen atoms in total. The van der Waals surface area contributed by atoms with Gasteiger partial charge in [0, 0.05) is 0 Å². The summed E-state index contributed by atoms with van der Waals surface area (Å²) in [5.41, 5.74) is 12.0. The summed E-state index contributed by atoms with van der Waals surface area (Å²) in [5, 5.41) is 0. The quantitative estimate of drug-likeness (QED) is 0.237. The second-order valence-corrected chi connectivity index (χ2v) is 21.0. The van der Waals surface area contributed by atoms with E-state index in [1.54, 1.807) is 28.8 Å². The van der Waals surface area contributed by atoms with Crippen LogP contribution in [0.25, 0.3) is 22.3 Å². The van der Waals surface area contributed by atoms with Crippen molar-refractivity contribution in [2.75, 3.05) is 0 Å². The molecule has 4 aromatic rings. The van der Waals surface area contributed by atoms with Gasteiger partial charge in [-0.25, -0.2) is 0 Å². The van der Waals surface area contributed by atoms with E-state index < -0.39 is 20.3 Å². The Bertz CT molecular complexity index is 1480. The third-order valence-electron chi connectivity index (χ3n) is 9.18. The molecular weight excluding hydrogens is 524 g/mol. The van der Waals surface area contributed by atoms with Crippen LogP contribution in [0.3, 0.4) is 0 Å². The molecule has 0 unspecified atom stereocenters. The molecule has 0 fully saturated rings. The van der Waals surface area contributed by atoms with Crippen LogP contribution in [0.2, 0.25) is 0 Å². The van der Waals surface area contributed by atoms with Gasteiger partial charge in [0.2, 0.25) is 0 Å². The van der Waals surface area contributed by atoms with Crippen molar-refractivity contribution in [2.24, 2.45) is 0 Å². The fraction of sp³-hybridized carbons (Fsp3) is 0.111. The van der Waals surface area contributed by atoms with Gasteiger partial charge in [-0.2, -0.15) is 0 Å². The topological polar surface area (TPSA) is 0 Å². The van der Waals surface area contributed by atoms with Crippen LogP contribution < -0.4 is 0 Å². The second-order valence-electron chi connectivity index (χ2n) is 10.7. The molecule has 0 amide bonds. The average molecular weight is 552 g/mol. The molecule has 37 heavy (non-hydrogen) atoms. The molecule has 0 aliphatic heterocycles. The summed E-state index contributed by atoms with van der Waals surface area (Å²) >= 11 is -3.63. The molecular formula is C36H28Zr. The SMILES string of the molecule is C1=CC[C]([Zr]([C]2=CC=CC2)([CH]2c3ccccc3-c3ccccc32)[CH]2c3ccccc3-c3ccccc32)=C1. The number of benzene rings is 4. The van der Waals surface area contributed by atoms with Crippen LogP contribution in [0.5, 0.6) is 0 Å². The Morgan fingerprint density at radius 2 is 0.757 bits per heavy atom. The summed E-state index contributed by atoms with van der Waals surface area (Å²) in [6.07, 6.45) is 16.7. The summed E-state index contributed by atoms with van der Waals surface area (Å²) in [7, 11) is 0. The van der Waals surface area contributed by atoms with Crippen molar-refractivity contribution < 1.29 is 20.3 Å². The molecule has 1 heteroatoms. The molecule has 0 radical (unpaired) electrons. The average Bonchev–Trinajstić information content (AvgIpc) is 3.77. The predicted octanol–water partition coefficient (Wildman–Crippen LogP) is 9.37. The van der Waals surface area contributed by atoms with Gasteiger partial charge in [0.15, 0.2) is 0 Å². The molecule has 0 saturated carbocycles. The summed E-state index contributed by atoms with van der Waals surface area (Å²) in [6, 6.07) is 37.2. The van der Waals surface area contributed by atoms with Gasteiger partial charge < -0.3 is 0 Å². The molecule has 0 spiro atoms. The molecule has 176 valence electrons. The third kappa shape index (κ3) is 2.93. The maximum absolute atomic E-state index is 3.63. The van der Waals surface area contributed by atoms with Crippen molar-refractivity contribution in [3.63, 3.8) is 0 Å². The Morgan fingerprint density at radius 3 is 1.05 bits per heavy atom. The van der Waals surface area contributed by atoms with Crippen LogP contribution in [0.1, 0.15) is 42.3 Å². The number of hydrogen-bond acceptors (Lipinski definition) is 0. The van der Waals surface area contributed by atoms with Gasteiger partial charge >= 0.3 is 225 Å². The Hall–Kier alpha value is -3.28. The Labute approximate surface area is 223 Å². The number of hydrogen-bond donors (Lipinski definition) is 0. The molecule has 0 heterocycles. The van der Waals surface area contributed by atoms with Crippen LogP contribution in [-0.4, -0.2) is 0 Å². The molecule has 0 saturated heterocycles. The summed E-state index contributed by atoms with van der Waals surface area (Å²) in [6.45, 7) is 0. The normalized spacial score (nSPS) is 17.4. The zero-order valence-corrected chi connectivity index (χ0v) is 23.2. The molecule has 4 aliphatic carbocycles. The van der Waals surface area contributed by atoms with Crippen LogP contribution in [0, 0.1) is 0 Å². The van der Waals surface area contributed by atoms with E-state index in [9.17, 15) is 0 Å². The first-order valence-corrected chi connectivity index (χ1v) is 18.8. The van der Waals surface area contributed by atoms with Gasteiger partial charge in [-0.1, -0.05) is 0 Å². The van der Waals surface area contributed by atoms with E-state index >= 15 is 0 Å². The Balaban J connectivity index is 1.52. The molecule has 0 atom stereocenters. The maximum atomic E-state index is 2.53. The van der Waals surface area contributed by atoms with E-state index in [-0.39, 0.29) is 0 Å². The molecule has 4 aromatic carbocycles. The van der Waals surface area contributed by atoms with E-state index in [2.05, 4.69) is 134 Å². The first-order valence-electron chi connectivity index (χ1n) is 13.5. The van der Waals surface area contributed by atoms with E-state index in [1.165, 1.54) is 22.3 Å². The van der Waals surface area contributed by atoms with Crippen molar-refractivity contribution in [1.82, 2.24) is 0 Å². The Kier molecular flexibility index (Phi) is 4.93. The van der Waals surface area contributed by atoms with Crippen LogP contribution >= 0.6 is 0 Å². The third-order valence-corrected chi connectivity index (χ3v) is 23.8. The number of allylic oxidation sites excluding steroid dienone is 8. The number of fused-ring (bicyclic) bond motifs is 6. The van der Waals surface area contributed by atoms with Crippen molar-refractivity contribution in [1.29, 1.82) is 0 Å². The Morgan fingerprint density at radius 1 is 0.432 bits per heavy atom. The monoisotopic (exact) mass is 550 g/mol. The minimum atomic E-state index is -3.63. The zero-order valence-electron chi connectivity index (χ0n) is 20.8. The first kappa shape index (κ1) is 21.8. The molecule has 0 N–H and O–H groups in total. The van der Waals surface area contributed by atoms with Gasteiger partial charge in [0.1, 0.15) is 0 Å². The van der Waals surface area contributed by atoms with E-state index in [4.69, 9.17) is 0 Å². The fourth-order valence-corrected chi connectivity index (χ4v) is 24.8. The molecule has 8 rings (SSSR count). The predicted molar refractivity (Wildman–Crippen MR) is 151 cm³/mol. The summed E-state index contributed by atoms with van der Waals surface area (Å²) in [5.74, 6) is 0. The van der Waals surface area contributed by atoms with Crippen LogP contribution in [0.15, 0.2) is 140 Å². The summed E-state index contributed by atoms with van der Waals surface area (Å²) < 4.78 is 4.39. The van der Waals surface area contributed by atoms with Gasteiger partial charge in [-0.05, 0) is 0 Å². The van der Waals surface area contributed by atoms with Gasteiger partial charge in [-0.3, -0.25) is 0 Å². The first-order chi connectivity index (χ1) is 18.4. The van der Waals surface area contributed by atoms with Crippen molar-refractivity contribution >= 4 is 0 Å². The minimum absolute atomic E-state index is 0.447. The van der Waals surface area contributed by atoms with Crippen molar-refractivity contribution in [3.8, 4) is 22.3 Å². The molecule has 4 aliphatic rings. The standard InChI is InChI=1S/2C13H9.2C5H5.Zr/c2*1-3-7-12-10(5-1)9-11-6-2-4-8-13(11)12;2*1-2-4-5-3-1;/h2*1-9H;2*1-3H,4H2;. The number of rotatable bonds is 4. The van der Waals surface area contributed by atoms with Gasteiger partial charge in [-0.15, -0.1) is 0 Å². The van der Waals surface area contributed by atoms with E-state index in [1.807, 2.05) is 0 Å². The van der Waals surface area contributed by atoms with Gasteiger partial charge in [0.25, 0.3) is 0 Å².